The van der Waals surface area contributed by atoms with Gasteiger partial charge < -0.3 is 10.6 Å². The lowest BCUT2D eigenvalue weighted by atomic mass is 10.1. The van der Waals surface area contributed by atoms with E-state index >= 15 is 0 Å². The molecule has 3 nitrogen and oxygen atoms in total. The lowest BCUT2D eigenvalue weighted by Gasteiger charge is -2.22. The number of carbonyl (C=O) groups excluding carboxylic acids is 1. The molecule has 0 atom stereocenters. The lowest BCUT2D eigenvalue weighted by Crippen LogP contribution is -2.34. The number of nitrogens with two attached hydrogens (primary N) is 1. The molecule has 0 aliphatic heterocycles. The molecule has 2 rings (SSSR count). The topological polar surface area (TPSA) is 46.3 Å². The van der Waals surface area contributed by atoms with Crippen molar-refractivity contribution in [2.75, 3.05) is 13.1 Å². The van der Waals surface area contributed by atoms with Gasteiger partial charge in [0.05, 0.1) is 0 Å². The van der Waals surface area contributed by atoms with E-state index in [0.717, 1.165) is 11.1 Å². The summed E-state index contributed by atoms with van der Waals surface area (Å²) >= 11 is 6.01. The van der Waals surface area contributed by atoms with Crippen molar-refractivity contribution in [3.05, 3.63) is 70.2 Å². The highest BCUT2D eigenvalue weighted by Gasteiger charge is 2.16. The van der Waals surface area contributed by atoms with E-state index in [0.29, 0.717) is 30.2 Å². The Labute approximate surface area is 130 Å². The van der Waals surface area contributed by atoms with Crippen molar-refractivity contribution < 1.29 is 4.79 Å². The predicted molar refractivity (Wildman–Crippen MR) is 86.4 cm³/mol. The number of hydrogen-bond donors (Lipinski definition) is 1. The first-order valence-electron chi connectivity index (χ1n) is 6.91. The van der Waals surface area contributed by atoms with Gasteiger partial charge in [0.25, 0.3) is 5.91 Å². The van der Waals surface area contributed by atoms with Crippen LogP contribution in [0.25, 0.3) is 0 Å². The summed E-state index contributed by atoms with van der Waals surface area (Å²) in [6.07, 6.45) is 0. The van der Waals surface area contributed by atoms with Gasteiger partial charge in [0.2, 0.25) is 0 Å². The van der Waals surface area contributed by atoms with Gasteiger partial charge in [0.1, 0.15) is 0 Å². The Kier molecular flexibility index (Phi) is 5.37. The van der Waals surface area contributed by atoms with Crippen LogP contribution in [-0.4, -0.2) is 23.9 Å². The predicted octanol–water partition coefficient (Wildman–Crippen LogP) is 3.25. The fraction of sp³-hybridized carbons (Fsp3) is 0.235. The Morgan fingerprint density at radius 3 is 2.52 bits per heavy atom. The van der Waals surface area contributed by atoms with Crippen LogP contribution in [0.1, 0.15) is 21.5 Å². The zero-order chi connectivity index (χ0) is 15.2. The Bertz CT molecular complexity index is 613. The molecule has 2 N–H and O–H groups in total. The van der Waals surface area contributed by atoms with Crippen molar-refractivity contribution in [3.63, 3.8) is 0 Å². The van der Waals surface area contributed by atoms with Gasteiger partial charge in [-0.2, -0.15) is 0 Å². The first-order chi connectivity index (χ1) is 10.1. The number of carbonyl (C=O) groups is 1. The van der Waals surface area contributed by atoms with Crippen LogP contribution >= 0.6 is 11.6 Å². The van der Waals surface area contributed by atoms with Gasteiger partial charge in [-0.1, -0.05) is 41.9 Å². The maximum absolute atomic E-state index is 12.6. The monoisotopic (exact) mass is 302 g/mol. The van der Waals surface area contributed by atoms with Gasteiger partial charge in [-0.25, -0.2) is 0 Å². The van der Waals surface area contributed by atoms with Crippen LogP contribution in [0.5, 0.6) is 0 Å². The Morgan fingerprint density at radius 1 is 1.19 bits per heavy atom. The third-order valence-electron chi connectivity index (χ3n) is 3.31. The van der Waals surface area contributed by atoms with Crippen LogP contribution in [0.15, 0.2) is 48.5 Å². The first-order valence-corrected chi connectivity index (χ1v) is 7.29. The molecule has 2 aromatic rings. The third-order valence-corrected chi connectivity index (χ3v) is 3.73. The van der Waals surface area contributed by atoms with Crippen molar-refractivity contribution in [2.24, 2.45) is 5.73 Å². The summed E-state index contributed by atoms with van der Waals surface area (Å²) in [6, 6.07) is 15.2. The minimum atomic E-state index is -0.0240. The summed E-state index contributed by atoms with van der Waals surface area (Å²) in [4.78, 5) is 14.4. The van der Waals surface area contributed by atoms with Crippen LogP contribution in [0.3, 0.4) is 0 Å². The van der Waals surface area contributed by atoms with Gasteiger partial charge in [-0.3, -0.25) is 4.79 Å². The van der Waals surface area contributed by atoms with Crippen molar-refractivity contribution in [3.8, 4) is 0 Å². The van der Waals surface area contributed by atoms with Crippen LogP contribution < -0.4 is 5.73 Å². The average Bonchev–Trinajstić information content (AvgIpc) is 2.50. The Hall–Kier alpha value is -1.84. The van der Waals surface area contributed by atoms with Gasteiger partial charge in [-0.05, 0) is 36.2 Å². The molecule has 0 spiro atoms. The van der Waals surface area contributed by atoms with E-state index in [2.05, 4.69) is 0 Å². The van der Waals surface area contributed by atoms with E-state index in [4.69, 9.17) is 17.3 Å². The quantitative estimate of drug-likeness (QED) is 0.921. The number of hydrogen-bond acceptors (Lipinski definition) is 2. The van der Waals surface area contributed by atoms with Crippen molar-refractivity contribution in [1.82, 2.24) is 4.90 Å². The molecular weight excluding hydrogens is 284 g/mol. The molecule has 0 saturated carbocycles. The number of benzene rings is 2. The Balaban J connectivity index is 2.20. The molecule has 0 aliphatic carbocycles. The first kappa shape index (κ1) is 15.5. The number of aryl methyl sites for hydroxylation is 1. The van der Waals surface area contributed by atoms with E-state index in [9.17, 15) is 4.79 Å². The number of nitrogens with zero attached hydrogens (tertiary/aromatic N) is 1. The summed E-state index contributed by atoms with van der Waals surface area (Å²) in [7, 11) is 0. The highest BCUT2D eigenvalue weighted by molar-refractivity contribution is 6.31. The van der Waals surface area contributed by atoms with Crippen molar-refractivity contribution >= 4 is 17.5 Å². The van der Waals surface area contributed by atoms with Crippen molar-refractivity contribution in [1.29, 1.82) is 0 Å². The SMILES string of the molecule is Cc1cc(C(=O)N(CCN)Cc2ccccc2)ccc1Cl. The molecule has 0 radical (unpaired) electrons. The van der Waals surface area contributed by atoms with E-state index in [-0.39, 0.29) is 5.91 Å². The fourth-order valence-corrected chi connectivity index (χ4v) is 2.29. The molecule has 0 saturated heterocycles. The zero-order valence-electron chi connectivity index (χ0n) is 12.1. The largest absolute Gasteiger partial charge is 0.333 e. The molecule has 0 fully saturated rings. The minimum absolute atomic E-state index is 0.0240. The van der Waals surface area contributed by atoms with E-state index in [1.165, 1.54) is 0 Å². The minimum Gasteiger partial charge on any atom is -0.333 e. The molecule has 0 bridgehead atoms. The molecular formula is C17H19ClN2O. The number of amides is 1. The Morgan fingerprint density at radius 2 is 1.90 bits per heavy atom. The van der Waals surface area contributed by atoms with E-state index in [1.807, 2.05) is 43.3 Å². The standard InChI is InChI=1S/C17H19ClN2O/c1-13-11-15(7-8-16(13)18)17(21)20(10-9-19)12-14-5-3-2-4-6-14/h2-8,11H,9-10,12,19H2,1H3. The summed E-state index contributed by atoms with van der Waals surface area (Å²) in [5.41, 5.74) is 8.26. The summed E-state index contributed by atoms with van der Waals surface area (Å²) < 4.78 is 0. The highest BCUT2D eigenvalue weighted by Crippen LogP contribution is 2.18. The molecule has 2 aromatic carbocycles. The molecule has 0 unspecified atom stereocenters. The second-order valence-electron chi connectivity index (χ2n) is 4.96. The van der Waals surface area contributed by atoms with Gasteiger partial charge in [0.15, 0.2) is 0 Å². The number of halogens is 1. The fourth-order valence-electron chi connectivity index (χ4n) is 2.17. The molecule has 0 aromatic heterocycles. The second-order valence-corrected chi connectivity index (χ2v) is 5.37. The molecule has 1 amide bonds. The van der Waals surface area contributed by atoms with Gasteiger partial charge >= 0.3 is 0 Å². The lowest BCUT2D eigenvalue weighted by molar-refractivity contribution is 0.0748. The zero-order valence-corrected chi connectivity index (χ0v) is 12.8. The highest BCUT2D eigenvalue weighted by atomic mass is 35.5. The molecule has 0 aliphatic rings. The maximum atomic E-state index is 12.6. The van der Waals surface area contributed by atoms with Gasteiger partial charge in [-0.15, -0.1) is 0 Å². The average molecular weight is 303 g/mol. The maximum Gasteiger partial charge on any atom is 0.254 e. The van der Waals surface area contributed by atoms with Crippen LogP contribution in [0, 0.1) is 6.92 Å². The molecule has 21 heavy (non-hydrogen) atoms. The van der Waals surface area contributed by atoms with Crippen LogP contribution in [-0.2, 0) is 6.54 Å². The number of rotatable bonds is 5. The summed E-state index contributed by atoms with van der Waals surface area (Å²) in [5.74, 6) is -0.0240. The molecule has 110 valence electrons. The smallest absolute Gasteiger partial charge is 0.254 e. The van der Waals surface area contributed by atoms with Crippen LogP contribution in [0.2, 0.25) is 5.02 Å². The van der Waals surface area contributed by atoms with Crippen LogP contribution in [0.4, 0.5) is 0 Å². The van der Waals surface area contributed by atoms with E-state index in [1.54, 1.807) is 17.0 Å². The summed E-state index contributed by atoms with van der Waals surface area (Å²) in [6.45, 7) is 3.41. The molecule has 4 heteroatoms. The normalized spacial score (nSPS) is 10.4. The van der Waals surface area contributed by atoms with Crippen molar-refractivity contribution in [2.45, 2.75) is 13.5 Å². The van der Waals surface area contributed by atoms with Gasteiger partial charge in [0, 0.05) is 30.2 Å². The second kappa shape index (κ2) is 7.25. The third kappa shape index (κ3) is 4.06. The van der Waals surface area contributed by atoms with E-state index < -0.39 is 0 Å². The summed E-state index contributed by atoms with van der Waals surface area (Å²) in [5, 5.41) is 0.667. The molecule has 0 heterocycles.